The maximum atomic E-state index is 12.5. The van der Waals surface area contributed by atoms with Gasteiger partial charge in [-0.25, -0.2) is 0 Å². The zero-order chi connectivity index (χ0) is 15.5. The Hall–Kier alpha value is -1.53. The molecule has 2 rings (SSSR count). The molecule has 1 atom stereocenters. The van der Waals surface area contributed by atoms with E-state index < -0.39 is 17.8 Å². The maximum Gasteiger partial charge on any atom is 0.416 e. The van der Waals surface area contributed by atoms with Gasteiger partial charge in [-0.05, 0) is 42.0 Å². The summed E-state index contributed by atoms with van der Waals surface area (Å²) in [5, 5.41) is 0. The Morgan fingerprint density at radius 3 is 2.05 bits per heavy atom. The van der Waals surface area contributed by atoms with Crippen molar-refractivity contribution >= 4 is 15.9 Å². The molecule has 0 saturated heterocycles. The van der Waals surface area contributed by atoms with E-state index in [0.717, 1.165) is 22.2 Å². The van der Waals surface area contributed by atoms with Crippen molar-refractivity contribution in [1.29, 1.82) is 0 Å². The number of halogens is 4. The van der Waals surface area contributed by atoms with Gasteiger partial charge in [0.25, 0.3) is 0 Å². The second-order valence-electron chi connectivity index (χ2n) is 4.42. The van der Waals surface area contributed by atoms with Crippen molar-refractivity contribution in [2.45, 2.75) is 12.3 Å². The van der Waals surface area contributed by atoms with Crippen LogP contribution in [0.25, 0.3) is 0 Å². The molecule has 2 aromatic rings. The van der Waals surface area contributed by atoms with E-state index in [1.54, 1.807) is 0 Å². The maximum absolute atomic E-state index is 12.5. The van der Waals surface area contributed by atoms with E-state index in [2.05, 4.69) is 15.9 Å². The highest BCUT2D eigenvalue weighted by atomic mass is 79.9. The smallest absolute Gasteiger partial charge is 0.416 e. The van der Waals surface area contributed by atoms with E-state index in [1.807, 2.05) is 24.3 Å². The number of ether oxygens (including phenoxy) is 1. The Balaban J connectivity index is 2.13. The van der Waals surface area contributed by atoms with Crippen LogP contribution in [0.4, 0.5) is 13.2 Å². The van der Waals surface area contributed by atoms with Crippen LogP contribution in [-0.2, 0) is 6.18 Å². The molecule has 1 unspecified atom stereocenters. The van der Waals surface area contributed by atoms with Crippen LogP contribution >= 0.6 is 15.9 Å². The summed E-state index contributed by atoms with van der Waals surface area (Å²) >= 11 is 3.33. The average molecular weight is 360 g/mol. The zero-order valence-electron chi connectivity index (χ0n) is 10.9. The van der Waals surface area contributed by atoms with E-state index >= 15 is 0 Å². The average Bonchev–Trinajstić information content (AvgIpc) is 2.45. The van der Waals surface area contributed by atoms with Gasteiger partial charge in [0.2, 0.25) is 0 Å². The van der Waals surface area contributed by atoms with E-state index in [0.29, 0.717) is 5.75 Å². The minimum absolute atomic E-state index is 0.225. The molecule has 2 N–H and O–H groups in total. The second kappa shape index (κ2) is 6.49. The predicted molar refractivity (Wildman–Crippen MR) is 78.0 cm³/mol. The van der Waals surface area contributed by atoms with Crippen LogP contribution in [0.3, 0.4) is 0 Å². The molecule has 2 aromatic carbocycles. The molecule has 0 heterocycles. The first-order chi connectivity index (χ1) is 9.90. The summed E-state index contributed by atoms with van der Waals surface area (Å²) in [5.74, 6) is 0.348. The normalized spacial score (nSPS) is 13.0. The lowest BCUT2D eigenvalue weighted by atomic mass is 10.1. The molecule has 0 spiro atoms. The quantitative estimate of drug-likeness (QED) is 0.869. The summed E-state index contributed by atoms with van der Waals surface area (Å²) in [6, 6.07) is 12.0. The van der Waals surface area contributed by atoms with Gasteiger partial charge in [0, 0.05) is 11.0 Å². The van der Waals surface area contributed by atoms with Crippen molar-refractivity contribution in [3.8, 4) is 5.75 Å². The highest BCUT2D eigenvalue weighted by Gasteiger charge is 2.30. The van der Waals surface area contributed by atoms with E-state index in [-0.39, 0.29) is 6.54 Å². The number of benzene rings is 2. The standard InChI is InChI=1S/C15H13BrF3NO/c16-12-5-1-10(2-6-12)14(9-20)21-13-7-3-11(4-8-13)15(17,18)19/h1-8,14H,9,20H2. The molecule has 0 aliphatic rings. The van der Waals surface area contributed by atoms with Crippen molar-refractivity contribution in [3.63, 3.8) is 0 Å². The predicted octanol–water partition coefficient (Wildman–Crippen LogP) is 4.55. The van der Waals surface area contributed by atoms with E-state index in [4.69, 9.17) is 10.5 Å². The first-order valence-electron chi connectivity index (χ1n) is 6.19. The Morgan fingerprint density at radius 1 is 1.00 bits per heavy atom. The molecule has 112 valence electrons. The van der Waals surface area contributed by atoms with Crippen LogP contribution in [0.15, 0.2) is 53.0 Å². The Morgan fingerprint density at radius 2 is 1.57 bits per heavy atom. The molecule has 0 aromatic heterocycles. The fourth-order valence-corrected chi connectivity index (χ4v) is 2.08. The fourth-order valence-electron chi connectivity index (χ4n) is 1.82. The minimum Gasteiger partial charge on any atom is -0.484 e. The molecule has 0 aliphatic carbocycles. The van der Waals surface area contributed by atoms with Gasteiger partial charge < -0.3 is 10.5 Å². The van der Waals surface area contributed by atoms with Crippen molar-refractivity contribution in [3.05, 3.63) is 64.1 Å². The van der Waals surface area contributed by atoms with Crippen LogP contribution in [0, 0.1) is 0 Å². The van der Waals surface area contributed by atoms with Crippen LogP contribution in [0.2, 0.25) is 0 Å². The highest BCUT2D eigenvalue weighted by Crippen LogP contribution is 2.31. The SMILES string of the molecule is NCC(Oc1ccc(C(F)(F)F)cc1)c1ccc(Br)cc1. The molecule has 2 nitrogen and oxygen atoms in total. The van der Waals surface area contributed by atoms with Gasteiger partial charge in [-0.3, -0.25) is 0 Å². The molecule has 0 saturated carbocycles. The fraction of sp³-hybridized carbons (Fsp3) is 0.200. The minimum atomic E-state index is -4.35. The summed E-state index contributed by atoms with van der Waals surface area (Å²) in [4.78, 5) is 0. The molecular weight excluding hydrogens is 347 g/mol. The van der Waals surface area contributed by atoms with Crippen LogP contribution in [0.1, 0.15) is 17.2 Å². The lowest BCUT2D eigenvalue weighted by molar-refractivity contribution is -0.137. The lowest BCUT2D eigenvalue weighted by Gasteiger charge is -2.18. The third kappa shape index (κ3) is 4.22. The largest absolute Gasteiger partial charge is 0.484 e. The Labute approximate surface area is 128 Å². The molecule has 21 heavy (non-hydrogen) atoms. The number of rotatable bonds is 4. The van der Waals surface area contributed by atoms with Crippen molar-refractivity contribution in [2.24, 2.45) is 5.73 Å². The van der Waals surface area contributed by atoms with Crippen molar-refractivity contribution in [1.82, 2.24) is 0 Å². The monoisotopic (exact) mass is 359 g/mol. The van der Waals surface area contributed by atoms with Gasteiger partial charge in [0.05, 0.1) is 5.56 Å². The molecular formula is C15H13BrF3NO. The summed E-state index contributed by atoms with van der Waals surface area (Å²) in [5.41, 5.74) is 5.83. The summed E-state index contributed by atoms with van der Waals surface area (Å²) in [6.45, 7) is 0.225. The van der Waals surface area contributed by atoms with Gasteiger partial charge in [0.1, 0.15) is 11.9 Å². The number of alkyl halides is 3. The molecule has 0 bridgehead atoms. The van der Waals surface area contributed by atoms with Gasteiger partial charge in [-0.1, -0.05) is 28.1 Å². The highest BCUT2D eigenvalue weighted by molar-refractivity contribution is 9.10. The zero-order valence-corrected chi connectivity index (χ0v) is 12.5. The van der Waals surface area contributed by atoms with Gasteiger partial charge in [0.15, 0.2) is 0 Å². The summed E-state index contributed by atoms with van der Waals surface area (Å²) in [6.07, 6.45) is -4.76. The van der Waals surface area contributed by atoms with Gasteiger partial charge in [-0.2, -0.15) is 13.2 Å². The topological polar surface area (TPSA) is 35.2 Å². The van der Waals surface area contributed by atoms with Gasteiger partial charge >= 0.3 is 6.18 Å². The lowest BCUT2D eigenvalue weighted by Crippen LogP contribution is -2.18. The first kappa shape index (κ1) is 15.9. The van der Waals surface area contributed by atoms with E-state index in [9.17, 15) is 13.2 Å². The van der Waals surface area contributed by atoms with Crippen LogP contribution < -0.4 is 10.5 Å². The van der Waals surface area contributed by atoms with Crippen LogP contribution in [0.5, 0.6) is 5.75 Å². The summed E-state index contributed by atoms with van der Waals surface area (Å²) in [7, 11) is 0. The van der Waals surface area contributed by atoms with Crippen LogP contribution in [-0.4, -0.2) is 6.54 Å². The number of hydrogen-bond acceptors (Lipinski definition) is 2. The molecule has 0 aliphatic heterocycles. The van der Waals surface area contributed by atoms with Crippen molar-refractivity contribution in [2.75, 3.05) is 6.54 Å². The number of hydrogen-bond donors (Lipinski definition) is 1. The van der Waals surface area contributed by atoms with E-state index in [1.165, 1.54) is 12.1 Å². The number of nitrogens with two attached hydrogens (primary N) is 1. The molecule has 0 amide bonds. The third-order valence-electron chi connectivity index (χ3n) is 2.92. The Bertz CT molecular complexity index is 581. The third-order valence-corrected chi connectivity index (χ3v) is 3.44. The second-order valence-corrected chi connectivity index (χ2v) is 5.33. The molecule has 0 radical (unpaired) electrons. The first-order valence-corrected chi connectivity index (χ1v) is 6.99. The summed E-state index contributed by atoms with van der Waals surface area (Å²) < 4.78 is 44.0. The molecule has 6 heteroatoms. The van der Waals surface area contributed by atoms with Gasteiger partial charge in [-0.15, -0.1) is 0 Å². The Kier molecular flexibility index (Phi) is 4.90. The van der Waals surface area contributed by atoms with Crippen molar-refractivity contribution < 1.29 is 17.9 Å². The molecule has 0 fully saturated rings.